The van der Waals surface area contributed by atoms with Crippen molar-refractivity contribution in [3.63, 3.8) is 0 Å². The van der Waals surface area contributed by atoms with Crippen LogP contribution in [0.4, 0.5) is 0 Å². The van der Waals surface area contributed by atoms with Crippen LogP contribution in [0.3, 0.4) is 0 Å². The van der Waals surface area contributed by atoms with Crippen LogP contribution in [0.5, 0.6) is 0 Å². The number of halogens is 1. The highest BCUT2D eigenvalue weighted by molar-refractivity contribution is 9.09. The van der Waals surface area contributed by atoms with Gasteiger partial charge in [-0.15, -0.1) is 0 Å². The van der Waals surface area contributed by atoms with Gasteiger partial charge in [0, 0.05) is 10.9 Å². The highest BCUT2D eigenvalue weighted by Gasteiger charge is 2.08. The summed E-state index contributed by atoms with van der Waals surface area (Å²) >= 11 is 3.25. The van der Waals surface area contributed by atoms with E-state index in [1.54, 1.807) is 0 Å². The minimum atomic E-state index is -0.243. The Labute approximate surface area is 82.1 Å². The molecule has 2 nitrogen and oxygen atoms in total. The van der Waals surface area contributed by atoms with Crippen LogP contribution in [0.2, 0.25) is 0 Å². The van der Waals surface area contributed by atoms with E-state index in [2.05, 4.69) is 34.5 Å². The van der Waals surface area contributed by atoms with Crippen LogP contribution in [-0.2, 0) is 9.53 Å². The maximum Gasteiger partial charge on any atom is 0.334 e. The molecular weight excluding hydrogens is 220 g/mol. The minimum absolute atomic E-state index is 0.243. The molecule has 0 aromatic heterocycles. The number of ether oxygens (including phenoxy) is 1. The standard InChI is InChI=1S/C9H15BrO2/c1-4-7(2)5-8(6-10)9(11)12-3/h5,7H,4,6H2,1-3H3. The summed E-state index contributed by atoms with van der Waals surface area (Å²) in [5, 5.41) is 0.560. The molecule has 1 atom stereocenters. The van der Waals surface area contributed by atoms with Crippen molar-refractivity contribution in [2.24, 2.45) is 5.92 Å². The fourth-order valence-electron chi connectivity index (χ4n) is 0.760. The van der Waals surface area contributed by atoms with Gasteiger partial charge in [0.05, 0.1) is 7.11 Å². The first-order valence-corrected chi connectivity index (χ1v) is 5.12. The third kappa shape index (κ3) is 3.90. The summed E-state index contributed by atoms with van der Waals surface area (Å²) in [5.41, 5.74) is 0.701. The molecule has 0 N–H and O–H groups in total. The molecule has 0 bridgehead atoms. The fraction of sp³-hybridized carbons (Fsp3) is 0.667. The largest absolute Gasteiger partial charge is 0.466 e. The zero-order chi connectivity index (χ0) is 9.56. The molecule has 0 aliphatic heterocycles. The Morgan fingerprint density at radius 2 is 2.25 bits per heavy atom. The van der Waals surface area contributed by atoms with Crippen LogP contribution in [-0.4, -0.2) is 18.4 Å². The summed E-state index contributed by atoms with van der Waals surface area (Å²) in [7, 11) is 1.40. The lowest BCUT2D eigenvalue weighted by Crippen LogP contribution is -2.07. The van der Waals surface area contributed by atoms with Gasteiger partial charge in [-0.3, -0.25) is 0 Å². The lowest BCUT2D eigenvalue weighted by molar-refractivity contribution is -0.136. The molecule has 12 heavy (non-hydrogen) atoms. The molecule has 0 heterocycles. The molecule has 0 radical (unpaired) electrons. The van der Waals surface area contributed by atoms with Gasteiger partial charge in [0.15, 0.2) is 0 Å². The number of alkyl halides is 1. The SMILES string of the molecule is CCC(C)C=C(CBr)C(=O)OC. The molecule has 0 saturated carbocycles. The maximum atomic E-state index is 11.1. The molecule has 0 fully saturated rings. The fourth-order valence-corrected chi connectivity index (χ4v) is 1.18. The van der Waals surface area contributed by atoms with Crippen molar-refractivity contribution >= 4 is 21.9 Å². The number of rotatable bonds is 4. The van der Waals surface area contributed by atoms with E-state index < -0.39 is 0 Å². The van der Waals surface area contributed by atoms with Crippen LogP contribution in [0, 0.1) is 5.92 Å². The average Bonchev–Trinajstić information content (AvgIpc) is 2.12. The van der Waals surface area contributed by atoms with Gasteiger partial charge in [-0.2, -0.15) is 0 Å². The van der Waals surface area contributed by atoms with Gasteiger partial charge in [0.25, 0.3) is 0 Å². The van der Waals surface area contributed by atoms with Crippen molar-refractivity contribution in [3.05, 3.63) is 11.6 Å². The Balaban J connectivity index is 4.32. The van der Waals surface area contributed by atoms with E-state index in [4.69, 9.17) is 0 Å². The number of esters is 1. The first kappa shape index (κ1) is 11.7. The quantitative estimate of drug-likeness (QED) is 0.425. The predicted octanol–water partition coefficient (Wildman–Crippen LogP) is 2.53. The topological polar surface area (TPSA) is 26.3 Å². The number of carbonyl (C=O) groups is 1. The third-order valence-corrected chi connectivity index (χ3v) is 2.33. The Bertz CT molecular complexity index is 175. The number of carbonyl (C=O) groups excluding carboxylic acids is 1. The molecule has 0 aromatic carbocycles. The van der Waals surface area contributed by atoms with E-state index in [9.17, 15) is 4.79 Å². The monoisotopic (exact) mass is 234 g/mol. The van der Waals surface area contributed by atoms with Crippen LogP contribution in [0.15, 0.2) is 11.6 Å². The first-order chi connectivity index (χ1) is 5.65. The summed E-state index contributed by atoms with van der Waals surface area (Å²) in [6, 6.07) is 0. The predicted molar refractivity (Wildman–Crippen MR) is 53.3 cm³/mol. The van der Waals surface area contributed by atoms with Gasteiger partial charge in [-0.25, -0.2) is 4.79 Å². The first-order valence-electron chi connectivity index (χ1n) is 4.00. The van der Waals surface area contributed by atoms with Crippen molar-refractivity contribution in [2.45, 2.75) is 20.3 Å². The van der Waals surface area contributed by atoms with Crippen molar-refractivity contribution in [2.75, 3.05) is 12.4 Å². The van der Waals surface area contributed by atoms with Gasteiger partial charge in [-0.05, 0) is 5.92 Å². The summed E-state index contributed by atoms with van der Waals surface area (Å²) in [6.07, 6.45) is 2.98. The van der Waals surface area contributed by atoms with Crippen LogP contribution < -0.4 is 0 Å². The lowest BCUT2D eigenvalue weighted by atomic mass is 10.1. The van der Waals surface area contributed by atoms with Crippen molar-refractivity contribution in [1.82, 2.24) is 0 Å². The molecule has 0 amide bonds. The number of hydrogen-bond donors (Lipinski definition) is 0. The normalized spacial score (nSPS) is 14.2. The highest BCUT2D eigenvalue weighted by atomic mass is 79.9. The zero-order valence-corrected chi connectivity index (χ0v) is 9.35. The highest BCUT2D eigenvalue weighted by Crippen LogP contribution is 2.10. The average molecular weight is 235 g/mol. The van der Waals surface area contributed by atoms with Crippen LogP contribution in [0.25, 0.3) is 0 Å². The molecule has 0 aliphatic carbocycles. The van der Waals surface area contributed by atoms with Gasteiger partial charge in [0.1, 0.15) is 0 Å². The van der Waals surface area contributed by atoms with E-state index in [0.717, 1.165) is 6.42 Å². The van der Waals surface area contributed by atoms with Crippen molar-refractivity contribution in [1.29, 1.82) is 0 Å². The van der Waals surface area contributed by atoms with E-state index in [1.165, 1.54) is 7.11 Å². The molecule has 0 aliphatic rings. The Morgan fingerprint density at radius 1 is 1.67 bits per heavy atom. The van der Waals surface area contributed by atoms with Gasteiger partial charge < -0.3 is 4.74 Å². The zero-order valence-electron chi connectivity index (χ0n) is 7.76. The number of hydrogen-bond acceptors (Lipinski definition) is 2. The van der Waals surface area contributed by atoms with Crippen LogP contribution in [0.1, 0.15) is 20.3 Å². The molecule has 70 valence electrons. The van der Waals surface area contributed by atoms with Gasteiger partial charge >= 0.3 is 5.97 Å². The van der Waals surface area contributed by atoms with Gasteiger partial charge in [0.2, 0.25) is 0 Å². The molecular formula is C9H15BrO2. The summed E-state index contributed by atoms with van der Waals surface area (Å²) in [6.45, 7) is 4.16. The molecule has 3 heteroatoms. The third-order valence-electron chi connectivity index (χ3n) is 1.72. The van der Waals surface area contributed by atoms with E-state index >= 15 is 0 Å². The maximum absolute atomic E-state index is 11.1. The van der Waals surface area contributed by atoms with E-state index in [1.807, 2.05) is 6.08 Å². The molecule has 0 saturated heterocycles. The van der Waals surface area contributed by atoms with Gasteiger partial charge in [-0.1, -0.05) is 42.3 Å². The molecule has 0 aromatic rings. The Kier molecular flexibility index (Phi) is 6.07. The molecule has 0 spiro atoms. The lowest BCUT2D eigenvalue weighted by Gasteiger charge is -2.05. The van der Waals surface area contributed by atoms with E-state index in [-0.39, 0.29) is 5.97 Å². The molecule has 1 unspecified atom stereocenters. The second kappa shape index (κ2) is 6.23. The second-order valence-corrected chi connectivity index (χ2v) is 3.26. The summed E-state index contributed by atoms with van der Waals surface area (Å²) in [5.74, 6) is 0.184. The number of allylic oxidation sites excluding steroid dienone is 1. The molecule has 0 rings (SSSR count). The van der Waals surface area contributed by atoms with E-state index in [0.29, 0.717) is 16.8 Å². The Morgan fingerprint density at radius 3 is 2.58 bits per heavy atom. The smallest absolute Gasteiger partial charge is 0.334 e. The summed E-state index contributed by atoms with van der Waals surface area (Å²) < 4.78 is 4.61. The van der Waals surface area contributed by atoms with Crippen molar-refractivity contribution < 1.29 is 9.53 Å². The second-order valence-electron chi connectivity index (χ2n) is 2.70. The van der Waals surface area contributed by atoms with Crippen LogP contribution >= 0.6 is 15.9 Å². The van der Waals surface area contributed by atoms with Crippen molar-refractivity contribution in [3.8, 4) is 0 Å². The summed E-state index contributed by atoms with van der Waals surface area (Å²) in [4.78, 5) is 11.1. The number of methoxy groups -OCH3 is 1. The Hall–Kier alpha value is -0.310. The minimum Gasteiger partial charge on any atom is -0.466 e.